The van der Waals surface area contributed by atoms with Crippen LogP contribution in [0.15, 0.2) is 0 Å². The number of ether oxygens (including phenoxy) is 6. The molecule has 0 aromatic heterocycles. The molecule has 8 nitrogen and oxygen atoms in total. The molecule has 0 aromatic rings. The van der Waals surface area contributed by atoms with Crippen molar-refractivity contribution in [2.75, 3.05) is 39.6 Å². The SMILES string of the molecule is CCCCOCCOC(C)OC(=O)CCCC(=O)OC(C)OCCOCCCC. The van der Waals surface area contributed by atoms with Gasteiger partial charge in [0, 0.05) is 26.1 Å². The standard InChI is InChI=1S/C21H40O8/c1-5-7-12-24-14-16-26-18(3)28-20(22)10-9-11-21(23)29-19(4)27-17-15-25-13-8-6-2/h18-19H,5-17H2,1-4H3. The van der Waals surface area contributed by atoms with Crippen LogP contribution in [0.2, 0.25) is 0 Å². The predicted molar refractivity (Wildman–Crippen MR) is 108 cm³/mol. The van der Waals surface area contributed by atoms with Crippen LogP contribution in [0.5, 0.6) is 0 Å². The third-order valence-electron chi connectivity index (χ3n) is 3.80. The summed E-state index contributed by atoms with van der Waals surface area (Å²) < 4.78 is 31.7. The van der Waals surface area contributed by atoms with E-state index in [1.165, 1.54) is 0 Å². The molecule has 2 atom stereocenters. The van der Waals surface area contributed by atoms with Gasteiger partial charge in [-0.25, -0.2) is 0 Å². The Bertz CT molecular complexity index is 366. The first-order chi connectivity index (χ1) is 14.0. The van der Waals surface area contributed by atoms with Crippen molar-refractivity contribution < 1.29 is 38.0 Å². The van der Waals surface area contributed by atoms with E-state index in [-0.39, 0.29) is 12.8 Å². The van der Waals surface area contributed by atoms with Gasteiger partial charge < -0.3 is 28.4 Å². The van der Waals surface area contributed by atoms with Crippen molar-refractivity contribution in [2.45, 2.75) is 85.2 Å². The molecule has 0 rings (SSSR count). The topological polar surface area (TPSA) is 89.5 Å². The highest BCUT2D eigenvalue weighted by Crippen LogP contribution is 2.05. The number of hydrogen-bond donors (Lipinski definition) is 0. The molecule has 0 aromatic carbocycles. The van der Waals surface area contributed by atoms with E-state index >= 15 is 0 Å². The highest BCUT2D eigenvalue weighted by molar-refractivity contribution is 5.72. The summed E-state index contributed by atoms with van der Waals surface area (Å²) in [7, 11) is 0. The van der Waals surface area contributed by atoms with Gasteiger partial charge in [-0.2, -0.15) is 0 Å². The molecule has 8 heteroatoms. The van der Waals surface area contributed by atoms with Gasteiger partial charge in [0.2, 0.25) is 0 Å². The van der Waals surface area contributed by atoms with Crippen molar-refractivity contribution in [2.24, 2.45) is 0 Å². The third-order valence-corrected chi connectivity index (χ3v) is 3.80. The van der Waals surface area contributed by atoms with Crippen molar-refractivity contribution in [3.8, 4) is 0 Å². The first-order valence-corrected chi connectivity index (χ1v) is 10.8. The molecular formula is C21H40O8. The highest BCUT2D eigenvalue weighted by atomic mass is 16.7. The van der Waals surface area contributed by atoms with E-state index < -0.39 is 24.5 Å². The van der Waals surface area contributed by atoms with E-state index in [2.05, 4.69) is 13.8 Å². The van der Waals surface area contributed by atoms with Gasteiger partial charge in [0.25, 0.3) is 0 Å². The maximum absolute atomic E-state index is 11.8. The predicted octanol–water partition coefficient (Wildman–Crippen LogP) is 3.60. The van der Waals surface area contributed by atoms with Gasteiger partial charge in [0.1, 0.15) is 0 Å². The zero-order chi connectivity index (χ0) is 21.7. The van der Waals surface area contributed by atoms with Crippen LogP contribution in [-0.4, -0.2) is 64.2 Å². The molecule has 0 radical (unpaired) electrons. The van der Waals surface area contributed by atoms with Crippen molar-refractivity contribution in [1.82, 2.24) is 0 Å². The maximum atomic E-state index is 11.8. The van der Waals surface area contributed by atoms with Gasteiger partial charge in [0.05, 0.1) is 26.4 Å². The molecule has 0 spiro atoms. The van der Waals surface area contributed by atoms with Crippen LogP contribution in [0.4, 0.5) is 0 Å². The second-order valence-corrected chi connectivity index (χ2v) is 6.64. The Morgan fingerprint density at radius 1 is 0.621 bits per heavy atom. The number of esters is 2. The summed E-state index contributed by atoms with van der Waals surface area (Å²) >= 11 is 0. The molecule has 172 valence electrons. The summed E-state index contributed by atoms with van der Waals surface area (Å²) in [5, 5.41) is 0. The van der Waals surface area contributed by atoms with Crippen LogP contribution in [0.3, 0.4) is 0 Å². The largest absolute Gasteiger partial charge is 0.436 e. The zero-order valence-corrected chi connectivity index (χ0v) is 18.6. The van der Waals surface area contributed by atoms with Crippen LogP contribution in [0, 0.1) is 0 Å². The molecule has 0 fully saturated rings. The average Bonchev–Trinajstić information content (AvgIpc) is 2.67. The number of hydrogen-bond acceptors (Lipinski definition) is 8. The molecule has 2 unspecified atom stereocenters. The fourth-order valence-corrected chi connectivity index (χ4v) is 2.18. The van der Waals surface area contributed by atoms with Crippen LogP contribution >= 0.6 is 0 Å². The molecule has 0 aliphatic heterocycles. The van der Waals surface area contributed by atoms with Gasteiger partial charge >= 0.3 is 11.9 Å². The van der Waals surface area contributed by atoms with Gasteiger partial charge in [0.15, 0.2) is 12.6 Å². The Balaban J connectivity index is 3.62. The summed E-state index contributed by atoms with van der Waals surface area (Å²) in [6, 6.07) is 0. The van der Waals surface area contributed by atoms with Gasteiger partial charge in [-0.15, -0.1) is 0 Å². The first-order valence-electron chi connectivity index (χ1n) is 10.8. The highest BCUT2D eigenvalue weighted by Gasteiger charge is 2.13. The van der Waals surface area contributed by atoms with E-state index in [9.17, 15) is 9.59 Å². The molecule has 0 aliphatic rings. The van der Waals surface area contributed by atoms with E-state index in [0.717, 1.165) is 25.7 Å². The fourth-order valence-electron chi connectivity index (χ4n) is 2.18. The van der Waals surface area contributed by atoms with E-state index in [1.54, 1.807) is 13.8 Å². The molecule has 0 saturated carbocycles. The summed E-state index contributed by atoms with van der Waals surface area (Å²) in [5.41, 5.74) is 0. The summed E-state index contributed by atoms with van der Waals surface area (Å²) in [4.78, 5) is 23.5. The van der Waals surface area contributed by atoms with Crippen molar-refractivity contribution in [1.29, 1.82) is 0 Å². The van der Waals surface area contributed by atoms with E-state index in [4.69, 9.17) is 28.4 Å². The molecule has 0 aliphatic carbocycles. The molecule has 0 saturated heterocycles. The van der Waals surface area contributed by atoms with Crippen LogP contribution in [0.1, 0.15) is 72.6 Å². The Labute approximate surface area is 175 Å². The quantitative estimate of drug-likeness (QED) is 0.168. The Hall–Kier alpha value is -1.22. The molecule has 0 amide bonds. The minimum Gasteiger partial charge on any atom is -0.436 e. The summed E-state index contributed by atoms with van der Waals surface area (Å²) in [6.07, 6.45) is 3.51. The summed E-state index contributed by atoms with van der Waals surface area (Å²) in [6.45, 7) is 10.6. The van der Waals surface area contributed by atoms with Crippen molar-refractivity contribution in [3.63, 3.8) is 0 Å². The molecule has 29 heavy (non-hydrogen) atoms. The minimum absolute atomic E-state index is 0.121. The van der Waals surface area contributed by atoms with E-state index in [0.29, 0.717) is 46.1 Å². The molecule has 0 heterocycles. The second-order valence-electron chi connectivity index (χ2n) is 6.64. The zero-order valence-electron chi connectivity index (χ0n) is 18.6. The fraction of sp³-hybridized carbons (Fsp3) is 0.905. The van der Waals surface area contributed by atoms with Crippen LogP contribution in [0.25, 0.3) is 0 Å². The van der Waals surface area contributed by atoms with Crippen LogP contribution in [-0.2, 0) is 38.0 Å². The van der Waals surface area contributed by atoms with Gasteiger partial charge in [-0.05, 0) is 33.1 Å². The normalized spacial score (nSPS) is 13.1. The lowest BCUT2D eigenvalue weighted by Gasteiger charge is -2.15. The molecule has 0 bridgehead atoms. The Morgan fingerprint density at radius 3 is 1.41 bits per heavy atom. The van der Waals surface area contributed by atoms with Crippen LogP contribution < -0.4 is 0 Å². The lowest BCUT2D eigenvalue weighted by molar-refractivity contribution is -0.178. The van der Waals surface area contributed by atoms with Crippen molar-refractivity contribution in [3.05, 3.63) is 0 Å². The third kappa shape index (κ3) is 19.9. The second kappa shape index (κ2) is 20.1. The first kappa shape index (κ1) is 27.8. The van der Waals surface area contributed by atoms with Crippen molar-refractivity contribution >= 4 is 11.9 Å². The average molecular weight is 421 g/mol. The van der Waals surface area contributed by atoms with Gasteiger partial charge in [-0.1, -0.05) is 26.7 Å². The molecular weight excluding hydrogens is 380 g/mol. The van der Waals surface area contributed by atoms with Gasteiger partial charge in [-0.3, -0.25) is 9.59 Å². The number of carbonyl (C=O) groups excluding carboxylic acids is 2. The maximum Gasteiger partial charge on any atom is 0.308 e. The van der Waals surface area contributed by atoms with E-state index in [1.807, 2.05) is 0 Å². The number of unbranched alkanes of at least 4 members (excludes halogenated alkanes) is 2. The molecule has 0 N–H and O–H groups in total. The number of rotatable bonds is 20. The minimum atomic E-state index is -0.641. The smallest absolute Gasteiger partial charge is 0.308 e. The lowest BCUT2D eigenvalue weighted by Crippen LogP contribution is -2.21. The Kier molecular flexibility index (Phi) is 19.2. The Morgan fingerprint density at radius 2 is 1.03 bits per heavy atom. The lowest BCUT2D eigenvalue weighted by atomic mass is 10.2. The monoisotopic (exact) mass is 420 g/mol. The summed E-state index contributed by atoms with van der Waals surface area (Å²) in [5.74, 6) is -0.823. The number of carbonyl (C=O) groups is 2.